The molecule has 6 heteroatoms. The number of ether oxygens (including phenoxy) is 1. The lowest BCUT2D eigenvalue weighted by molar-refractivity contribution is -0.159. The Morgan fingerprint density at radius 2 is 1.62 bits per heavy atom. The molecule has 0 spiro atoms. The number of carboxylic acids is 1. The molecule has 29 heavy (non-hydrogen) atoms. The minimum atomic E-state index is -1.47. The summed E-state index contributed by atoms with van der Waals surface area (Å²) in [5.41, 5.74) is 10.3. The Morgan fingerprint density at radius 1 is 1.00 bits per heavy atom. The largest absolute Gasteiger partial charge is 0.481 e. The lowest BCUT2D eigenvalue weighted by Gasteiger charge is -2.20. The third-order valence-corrected chi connectivity index (χ3v) is 5.32. The van der Waals surface area contributed by atoms with E-state index < -0.39 is 23.9 Å². The number of rotatable bonds is 7. The zero-order valence-electron chi connectivity index (χ0n) is 15.7. The van der Waals surface area contributed by atoms with Crippen LogP contribution in [0.2, 0.25) is 0 Å². The van der Waals surface area contributed by atoms with Crippen LogP contribution in [-0.4, -0.2) is 29.7 Å². The molecule has 0 amide bonds. The van der Waals surface area contributed by atoms with Gasteiger partial charge in [0.15, 0.2) is 5.92 Å². The Morgan fingerprint density at radius 3 is 2.17 bits per heavy atom. The van der Waals surface area contributed by atoms with E-state index in [1.807, 2.05) is 48.5 Å². The van der Waals surface area contributed by atoms with Crippen LogP contribution >= 0.6 is 0 Å². The Bertz CT molecular complexity index is 982. The van der Waals surface area contributed by atoms with Gasteiger partial charge in [0.25, 0.3) is 0 Å². The molecule has 6 nitrogen and oxygen atoms in total. The van der Waals surface area contributed by atoms with E-state index in [-0.39, 0.29) is 18.9 Å². The fourth-order valence-corrected chi connectivity index (χ4v) is 3.93. The molecule has 3 N–H and O–H groups in total. The number of hydrogen-bond donors (Lipinski definition) is 2. The summed E-state index contributed by atoms with van der Waals surface area (Å²) >= 11 is 0. The fraction of sp³-hybridized carbons (Fsp3) is 0.217. The molecular formula is C23H21NO5. The smallest absolute Gasteiger partial charge is 0.321 e. The number of carbonyl (C=O) groups is 2. The summed E-state index contributed by atoms with van der Waals surface area (Å²) in [6, 6.07) is 18.3. The van der Waals surface area contributed by atoms with Crippen molar-refractivity contribution in [1.82, 2.24) is 0 Å². The summed E-state index contributed by atoms with van der Waals surface area (Å²) in [6.45, 7) is 0.0596. The number of furan rings is 1. The van der Waals surface area contributed by atoms with E-state index in [2.05, 4.69) is 0 Å². The maximum Gasteiger partial charge on any atom is 0.321 e. The van der Waals surface area contributed by atoms with Crippen molar-refractivity contribution in [1.29, 1.82) is 0 Å². The van der Waals surface area contributed by atoms with Gasteiger partial charge in [-0.15, -0.1) is 0 Å². The van der Waals surface area contributed by atoms with Crippen molar-refractivity contribution in [2.75, 3.05) is 6.61 Å². The molecule has 2 aromatic carbocycles. The predicted molar refractivity (Wildman–Crippen MR) is 106 cm³/mol. The first-order chi connectivity index (χ1) is 14.1. The molecule has 0 bridgehead atoms. The molecule has 148 valence electrons. The second-order valence-electron chi connectivity index (χ2n) is 7.12. The van der Waals surface area contributed by atoms with Gasteiger partial charge in [0, 0.05) is 18.4 Å². The second kappa shape index (κ2) is 7.93. The van der Waals surface area contributed by atoms with Crippen LogP contribution < -0.4 is 5.73 Å². The molecule has 1 heterocycles. The maximum absolute atomic E-state index is 12.6. The molecular weight excluding hydrogens is 370 g/mol. The Balaban J connectivity index is 1.50. The summed E-state index contributed by atoms with van der Waals surface area (Å²) in [4.78, 5) is 24.3. The maximum atomic E-state index is 12.6. The second-order valence-corrected chi connectivity index (χ2v) is 7.12. The number of esters is 1. The number of nitrogens with two attached hydrogens (primary N) is 1. The van der Waals surface area contributed by atoms with Crippen LogP contribution in [-0.2, 0) is 20.7 Å². The molecule has 0 saturated carbocycles. The Kier molecular flexibility index (Phi) is 5.18. The third kappa shape index (κ3) is 3.67. The highest BCUT2D eigenvalue weighted by Crippen LogP contribution is 2.44. The standard InChI is InChI=1S/C23H21NO5/c24-20(12-14-6-5-11-28-14)21(22(25)26)23(27)29-13-19-17-9-3-1-7-15(17)16-8-2-4-10-18(16)19/h1-11,19-21H,12-13,24H2,(H,25,26)/t20-,21-/m0/s1. The number of carboxylic acid groups (broad SMARTS) is 1. The van der Waals surface area contributed by atoms with Crippen LogP contribution in [0, 0.1) is 5.92 Å². The number of carbonyl (C=O) groups excluding carboxylic acids is 1. The molecule has 1 aliphatic rings. The van der Waals surface area contributed by atoms with Crippen molar-refractivity contribution < 1.29 is 23.8 Å². The molecule has 0 fully saturated rings. The average Bonchev–Trinajstić information content (AvgIpc) is 3.32. The van der Waals surface area contributed by atoms with E-state index in [4.69, 9.17) is 14.9 Å². The number of hydrogen-bond acceptors (Lipinski definition) is 5. The quantitative estimate of drug-likeness (QED) is 0.474. The van der Waals surface area contributed by atoms with E-state index in [1.54, 1.807) is 12.1 Å². The van der Waals surface area contributed by atoms with Gasteiger partial charge in [-0.25, -0.2) is 0 Å². The minimum Gasteiger partial charge on any atom is -0.481 e. The fourth-order valence-electron chi connectivity index (χ4n) is 3.93. The SMILES string of the molecule is N[C@@H](Cc1ccco1)[C@@H](C(=O)O)C(=O)OCC1c2ccccc2-c2ccccc21. The van der Waals surface area contributed by atoms with Gasteiger partial charge in [-0.05, 0) is 34.4 Å². The first-order valence-electron chi connectivity index (χ1n) is 9.42. The molecule has 4 rings (SSSR count). The highest BCUT2D eigenvalue weighted by Gasteiger charge is 2.36. The van der Waals surface area contributed by atoms with E-state index in [1.165, 1.54) is 6.26 Å². The highest BCUT2D eigenvalue weighted by atomic mass is 16.5. The number of fused-ring (bicyclic) bond motifs is 3. The lowest BCUT2D eigenvalue weighted by Crippen LogP contribution is -2.43. The van der Waals surface area contributed by atoms with Gasteiger partial charge in [-0.1, -0.05) is 48.5 Å². The van der Waals surface area contributed by atoms with Crippen molar-refractivity contribution in [3.8, 4) is 11.1 Å². The van der Waals surface area contributed by atoms with Crippen molar-refractivity contribution in [2.24, 2.45) is 11.7 Å². The molecule has 1 aromatic heterocycles. The molecule has 0 radical (unpaired) electrons. The Labute approximate surface area is 167 Å². The van der Waals surface area contributed by atoms with Gasteiger partial charge in [0.1, 0.15) is 12.4 Å². The van der Waals surface area contributed by atoms with E-state index >= 15 is 0 Å². The zero-order chi connectivity index (χ0) is 20.4. The summed E-state index contributed by atoms with van der Waals surface area (Å²) in [6.07, 6.45) is 1.61. The normalized spacial score (nSPS) is 14.7. The zero-order valence-corrected chi connectivity index (χ0v) is 15.7. The first kappa shape index (κ1) is 19.0. The minimum absolute atomic E-state index is 0.0596. The van der Waals surface area contributed by atoms with Gasteiger partial charge in [-0.3, -0.25) is 9.59 Å². The van der Waals surface area contributed by atoms with Crippen molar-refractivity contribution in [3.63, 3.8) is 0 Å². The summed E-state index contributed by atoms with van der Waals surface area (Å²) < 4.78 is 10.7. The molecule has 0 unspecified atom stereocenters. The van der Waals surface area contributed by atoms with E-state index in [0.29, 0.717) is 5.76 Å². The summed E-state index contributed by atoms with van der Waals surface area (Å²) in [5, 5.41) is 9.54. The molecule has 2 atom stereocenters. The van der Waals surface area contributed by atoms with Crippen LogP contribution in [0.25, 0.3) is 11.1 Å². The van der Waals surface area contributed by atoms with Crippen LogP contribution in [0.3, 0.4) is 0 Å². The number of benzene rings is 2. The van der Waals surface area contributed by atoms with Crippen molar-refractivity contribution in [2.45, 2.75) is 18.4 Å². The molecule has 1 aliphatic carbocycles. The molecule has 0 saturated heterocycles. The van der Waals surface area contributed by atoms with Gasteiger partial charge < -0.3 is 20.0 Å². The number of aliphatic carboxylic acids is 1. The van der Waals surface area contributed by atoms with E-state index in [0.717, 1.165) is 22.3 Å². The van der Waals surface area contributed by atoms with Crippen LogP contribution in [0.15, 0.2) is 71.3 Å². The Hall–Kier alpha value is -3.38. The lowest BCUT2D eigenvalue weighted by atomic mass is 9.96. The highest BCUT2D eigenvalue weighted by molar-refractivity contribution is 5.95. The van der Waals surface area contributed by atoms with E-state index in [9.17, 15) is 14.7 Å². The average molecular weight is 391 g/mol. The third-order valence-electron chi connectivity index (χ3n) is 5.32. The van der Waals surface area contributed by atoms with Gasteiger partial charge in [-0.2, -0.15) is 0 Å². The summed E-state index contributed by atoms with van der Waals surface area (Å²) in [7, 11) is 0. The predicted octanol–water partition coefficient (Wildman–Crippen LogP) is 3.21. The first-order valence-corrected chi connectivity index (χ1v) is 9.42. The van der Waals surface area contributed by atoms with Crippen LogP contribution in [0.5, 0.6) is 0 Å². The van der Waals surface area contributed by atoms with Gasteiger partial charge in [0.05, 0.1) is 6.26 Å². The van der Waals surface area contributed by atoms with Gasteiger partial charge in [0.2, 0.25) is 0 Å². The monoisotopic (exact) mass is 391 g/mol. The summed E-state index contributed by atoms with van der Waals surface area (Å²) in [5.74, 6) is -3.22. The molecule has 0 aliphatic heterocycles. The van der Waals surface area contributed by atoms with Gasteiger partial charge >= 0.3 is 11.9 Å². The van der Waals surface area contributed by atoms with Crippen LogP contribution in [0.4, 0.5) is 0 Å². The van der Waals surface area contributed by atoms with Crippen molar-refractivity contribution in [3.05, 3.63) is 83.8 Å². The topological polar surface area (TPSA) is 103 Å². The molecule has 3 aromatic rings. The van der Waals surface area contributed by atoms with Crippen molar-refractivity contribution >= 4 is 11.9 Å². The van der Waals surface area contributed by atoms with Crippen LogP contribution in [0.1, 0.15) is 22.8 Å².